The van der Waals surface area contributed by atoms with Crippen LogP contribution in [0.3, 0.4) is 0 Å². The van der Waals surface area contributed by atoms with E-state index < -0.39 is 0 Å². The molecule has 1 aromatic carbocycles. The van der Waals surface area contributed by atoms with E-state index in [0.717, 1.165) is 6.42 Å². The van der Waals surface area contributed by atoms with Crippen LogP contribution >= 0.6 is 0 Å². The predicted molar refractivity (Wildman–Crippen MR) is 82.4 cm³/mol. The Morgan fingerprint density at radius 3 is 2.70 bits per heavy atom. The van der Waals surface area contributed by atoms with Gasteiger partial charge in [0.05, 0.1) is 18.3 Å². The minimum Gasteiger partial charge on any atom is -0.392 e. The van der Waals surface area contributed by atoms with Crippen molar-refractivity contribution in [2.24, 2.45) is 5.92 Å². The van der Waals surface area contributed by atoms with E-state index in [2.05, 4.69) is 38.1 Å². The third-order valence-corrected chi connectivity index (χ3v) is 4.11. The molecule has 110 valence electrons. The van der Waals surface area contributed by atoms with E-state index in [1.807, 2.05) is 18.2 Å². The minimum atomic E-state index is -0.349. The molecule has 2 rings (SSSR count). The summed E-state index contributed by atoms with van der Waals surface area (Å²) in [5.41, 5.74) is 0.822. The first kappa shape index (κ1) is 15.3. The molecule has 0 radical (unpaired) electrons. The fourth-order valence-electron chi connectivity index (χ4n) is 2.75. The molecule has 3 atom stereocenters. The lowest BCUT2D eigenvalue weighted by Gasteiger charge is -2.36. The summed E-state index contributed by atoms with van der Waals surface area (Å²) in [7, 11) is 0. The van der Waals surface area contributed by atoms with Gasteiger partial charge in [-0.15, -0.1) is 0 Å². The first-order valence-corrected chi connectivity index (χ1v) is 7.68. The van der Waals surface area contributed by atoms with Gasteiger partial charge in [0.15, 0.2) is 0 Å². The zero-order chi connectivity index (χ0) is 14.4. The van der Waals surface area contributed by atoms with Crippen LogP contribution in [-0.2, 0) is 11.3 Å². The Bertz CT molecular complexity index is 426. The molecule has 2 nitrogen and oxygen atoms in total. The highest BCUT2D eigenvalue weighted by Crippen LogP contribution is 2.32. The highest BCUT2D eigenvalue weighted by atomic mass is 16.5. The van der Waals surface area contributed by atoms with Gasteiger partial charge in [0, 0.05) is 12.3 Å². The van der Waals surface area contributed by atoms with E-state index in [9.17, 15) is 5.11 Å². The summed E-state index contributed by atoms with van der Waals surface area (Å²) in [5.74, 6) is 0.295. The number of hydrogen-bond acceptors (Lipinski definition) is 2. The van der Waals surface area contributed by atoms with Crippen molar-refractivity contribution in [2.75, 3.05) is 0 Å². The van der Waals surface area contributed by atoms with Crippen LogP contribution in [0.15, 0.2) is 42.5 Å². The first-order chi connectivity index (χ1) is 9.63. The average Bonchev–Trinajstić information content (AvgIpc) is 2.46. The molecular formula is C18H26O2. The molecule has 0 fully saturated rings. The van der Waals surface area contributed by atoms with Crippen LogP contribution in [-0.4, -0.2) is 16.8 Å². The van der Waals surface area contributed by atoms with Gasteiger partial charge in [0.2, 0.25) is 0 Å². The Morgan fingerprint density at radius 2 is 2.05 bits per heavy atom. The molecule has 1 aliphatic rings. The predicted octanol–water partition coefficient (Wildman–Crippen LogP) is 4.09. The molecule has 0 saturated carbocycles. The summed E-state index contributed by atoms with van der Waals surface area (Å²) in [6.07, 6.45) is 8.12. The summed E-state index contributed by atoms with van der Waals surface area (Å²) >= 11 is 0. The fourth-order valence-corrected chi connectivity index (χ4v) is 2.75. The molecule has 1 aliphatic carbocycles. The van der Waals surface area contributed by atoms with E-state index in [0.29, 0.717) is 18.9 Å². The second kappa shape index (κ2) is 7.05. The molecule has 1 N–H and O–H groups in total. The molecule has 0 heterocycles. The van der Waals surface area contributed by atoms with Crippen molar-refractivity contribution in [3.63, 3.8) is 0 Å². The largest absolute Gasteiger partial charge is 0.392 e. The molecule has 0 spiro atoms. The van der Waals surface area contributed by atoms with Crippen molar-refractivity contribution in [1.82, 2.24) is 0 Å². The Labute approximate surface area is 122 Å². The molecule has 20 heavy (non-hydrogen) atoms. The number of aliphatic hydroxyl groups is 1. The monoisotopic (exact) mass is 274 g/mol. The van der Waals surface area contributed by atoms with Crippen LogP contribution in [0.4, 0.5) is 0 Å². The number of unbranched alkanes of at least 4 members (excludes halogenated alkanes) is 1. The van der Waals surface area contributed by atoms with Crippen molar-refractivity contribution < 1.29 is 9.84 Å². The number of benzene rings is 1. The molecule has 0 aromatic heterocycles. The van der Waals surface area contributed by atoms with Crippen LogP contribution in [0.25, 0.3) is 0 Å². The van der Waals surface area contributed by atoms with Gasteiger partial charge in [0.1, 0.15) is 0 Å². The molecule has 1 aromatic rings. The topological polar surface area (TPSA) is 29.5 Å². The van der Waals surface area contributed by atoms with Gasteiger partial charge >= 0.3 is 0 Å². The summed E-state index contributed by atoms with van der Waals surface area (Å²) in [6, 6.07) is 10.2. The van der Waals surface area contributed by atoms with E-state index in [1.54, 1.807) is 0 Å². The maximum atomic E-state index is 10.3. The Morgan fingerprint density at radius 1 is 1.30 bits per heavy atom. The quantitative estimate of drug-likeness (QED) is 0.792. The van der Waals surface area contributed by atoms with Crippen LogP contribution in [0.5, 0.6) is 0 Å². The second-order valence-corrected chi connectivity index (χ2v) is 6.02. The van der Waals surface area contributed by atoms with E-state index in [-0.39, 0.29) is 11.7 Å². The molecule has 0 saturated heterocycles. The number of aliphatic hydroxyl groups excluding tert-OH is 1. The lowest BCUT2D eigenvalue weighted by atomic mass is 9.81. The Hall–Kier alpha value is -1.12. The Kier molecular flexibility index (Phi) is 5.38. The van der Waals surface area contributed by atoms with E-state index in [4.69, 9.17) is 4.74 Å². The minimum absolute atomic E-state index is 0.285. The smallest absolute Gasteiger partial charge is 0.0863 e. The van der Waals surface area contributed by atoms with Gasteiger partial charge in [-0.3, -0.25) is 0 Å². The zero-order valence-corrected chi connectivity index (χ0v) is 12.6. The van der Waals surface area contributed by atoms with Gasteiger partial charge in [-0.1, -0.05) is 62.2 Å². The summed E-state index contributed by atoms with van der Waals surface area (Å²) < 4.78 is 6.03. The molecular weight excluding hydrogens is 248 g/mol. The maximum Gasteiger partial charge on any atom is 0.0863 e. The zero-order valence-electron chi connectivity index (χ0n) is 12.6. The van der Waals surface area contributed by atoms with Crippen molar-refractivity contribution >= 4 is 0 Å². The van der Waals surface area contributed by atoms with Gasteiger partial charge in [-0.05, 0) is 18.9 Å². The van der Waals surface area contributed by atoms with Gasteiger partial charge in [-0.2, -0.15) is 0 Å². The van der Waals surface area contributed by atoms with Crippen molar-refractivity contribution in [1.29, 1.82) is 0 Å². The SMILES string of the molecule is CCCC[C@H]1C=C[C@](C)(OCc2ccccc2)C[C@H]1O. The van der Waals surface area contributed by atoms with Gasteiger partial charge in [-0.25, -0.2) is 0 Å². The van der Waals surface area contributed by atoms with Crippen LogP contribution < -0.4 is 0 Å². The van der Waals surface area contributed by atoms with Crippen LogP contribution in [0, 0.1) is 5.92 Å². The normalized spacial score (nSPS) is 29.6. The average molecular weight is 274 g/mol. The summed E-state index contributed by atoms with van der Waals surface area (Å²) in [6.45, 7) is 4.84. The molecule has 0 bridgehead atoms. The van der Waals surface area contributed by atoms with Gasteiger partial charge < -0.3 is 9.84 Å². The Balaban J connectivity index is 1.91. The number of ether oxygens (including phenoxy) is 1. The third kappa shape index (κ3) is 4.19. The van der Waals surface area contributed by atoms with Crippen molar-refractivity contribution in [3.05, 3.63) is 48.0 Å². The number of hydrogen-bond donors (Lipinski definition) is 1. The van der Waals surface area contributed by atoms with Crippen LogP contribution in [0.1, 0.15) is 45.1 Å². The fraction of sp³-hybridized carbons (Fsp3) is 0.556. The number of rotatable bonds is 6. The van der Waals surface area contributed by atoms with Gasteiger partial charge in [0.25, 0.3) is 0 Å². The lowest BCUT2D eigenvalue weighted by molar-refractivity contribution is -0.0546. The summed E-state index contributed by atoms with van der Waals surface area (Å²) in [5, 5.41) is 10.3. The molecule has 0 amide bonds. The molecule has 0 unspecified atom stereocenters. The van der Waals surface area contributed by atoms with Crippen LogP contribution in [0.2, 0.25) is 0 Å². The summed E-state index contributed by atoms with van der Waals surface area (Å²) in [4.78, 5) is 0. The van der Waals surface area contributed by atoms with Crippen molar-refractivity contribution in [2.45, 2.75) is 57.8 Å². The van der Waals surface area contributed by atoms with E-state index in [1.165, 1.54) is 18.4 Å². The third-order valence-electron chi connectivity index (χ3n) is 4.11. The van der Waals surface area contributed by atoms with E-state index >= 15 is 0 Å². The maximum absolute atomic E-state index is 10.3. The highest BCUT2D eigenvalue weighted by Gasteiger charge is 2.33. The molecule has 2 heteroatoms. The first-order valence-electron chi connectivity index (χ1n) is 7.68. The second-order valence-electron chi connectivity index (χ2n) is 6.02. The standard InChI is InChI=1S/C18H26O2/c1-3-4-10-16-11-12-18(2,13-17(16)19)20-14-15-8-6-5-7-9-15/h5-9,11-12,16-17,19H,3-4,10,13-14H2,1-2H3/t16-,17+,18-/m0/s1. The highest BCUT2D eigenvalue weighted by molar-refractivity contribution is 5.15. The molecule has 0 aliphatic heterocycles. The van der Waals surface area contributed by atoms with Crippen molar-refractivity contribution in [3.8, 4) is 0 Å². The lowest BCUT2D eigenvalue weighted by Crippen LogP contribution is -2.38.